The fourth-order valence-corrected chi connectivity index (χ4v) is 2.51. The van der Waals surface area contributed by atoms with Gasteiger partial charge >= 0.3 is 57.6 Å². The molecular formula is C19H32F3KO2. The Balaban J connectivity index is 0. The molecule has 6 heteroatoms. The Morgan fingerprint density at radius 2 is 1.12 bits per heavy atom. The molecule has 142 valence electrons. The maximum Gasteiger partial charge on any atom is 1.00 e. The number of ether oxygens (including phenoxy) is 1. The van der Waals surface area contributed by atoms with Crippen molar-refractivity contribution in [3.63, 3.8) is 0 Å². The van der Waals surface area contributed by atoms with Crippen LogP contribution in [0.1, 0.15) is 83.5 Å². The first-order valence-corrected chi connectivity index (χ1v) is 9.29. The van der Waals surface area contributed by atoms with Crippen LogP contribution in [0.15, 0.2) is 0 Å². The second kappa shape index (κ2) is 21.2. The Morgan fingerprint density at radius 3 is 1.56 bits per heavy atom. The summed E-state index contributed by atoms with van der Waals surface area (Å²) in [5, 5.41) is 10.2. The summed E-state index contributed by atoms with van der Waals surface area (Å²) in [5.41, 5.74) is 0. The molecule has 0 aliphatic carbocycles. The largest absolute Gasteiger partial charge is 1.00 e. The van der Waals surface area contributed by atoms with Gasteiger partial charge in [-0.2, -0.15) is 13.2 Å². The van der Waals surface area contributed by atoms with Crippen LogP contribution < -0.4 is 56.5 Å². The summed E-state index contributed by atoms with van der Waals surface area (Å²) in [5.74, 6) is 3.48. The van der Waals surface area contributed by atoms with Crippen molar-refractivity contribution in [2.75, 3.05) is 19.8 Å². The van der Waals surface area contributed by atoms with Gasteiger partial charge in [-0.05, 0) is 12.8 Å². The van der Waals surface area contributed by atoms with Gasteiger partial charge in [-0.3, -0.25) is 0 Å². The molecule has 0 N–H and O–H groups in total. The van der Waals surface area contributed by atoms with Crippen molar-refractivity contribution in [1.82, 2.24) is 0 Å². The van der Waals surface area contributed by atoms with Crippen LogP contribution in [-0.2, 0) is 4.74 Å². The van der Waals surface area contributed by atoms with E-state index in [0.717, 1.165) is 25.7 Å². The number of alkyl halides is 3. The first kappa shape index (κ1) is 28.1. The summed E-state index contributed by atoms with van der Waals surface area (Å²) < 4.78 is 40.5. The van der Waals surface area contributed by atoms with Gasteiger partial charge in [0.2, 0.25) is 0 Å². The zero-order chi connectivity index (χ0) is 17.9. The smallest absolute Gasteiger partial charge is 0.853 e. The Morgan fingerprint density at radius 1 is 0.680 bits per heavy atom. The number of unbranched alkanes of at least 4 members (excludes halogenated alkanes) is 12. The number of hydrogen-bond acceptors (Lipinski definition) is 2. The fraction of sp³-hybridized carbons (Fsp3) is 0.895. The van der Waals surface area contributed by atoms with Crippen molar-refractivity contribution < 1.29 is 74.4 Å². The quantitative estimate of drug-likeness (QED) is 0.230. The zero-order valence-electron chi connectivity index (χ0n) is 15.8. The van der Waals surface area contributed by atoms with Gasteiger partial charge < -0.3 is 9.84 Å². The van der Waals surface area contributed by atoms with Gasteiger partial charge in [0.05, 0.1) is 0 Å². The molecule has 0 aliphatic heterocycles. The molecule has 0 saturated heterocycles. The van der Waals surface area contributed by atoms with Crippen LogP contribution in [0, 0.1) is 11.8 Å². The van der Waals surface area contributed by atoms with E-state index in [2.05, 4.69) is 5.92 Å². The minimum Gasteiger partial charge on any atom is -0.853 e. The third-order valence-electron chi connectivity index (χ3n) is 3.80. The van der Waals surface area contributed by atoms with Crippen molar-refractivity contribution in [3.05, 3.63) is 0 Å². The van der Waals surface area contributed by atoms with Crippen molar-refractivity contribution in [1.29, 1.82) is 0 Å². The minimum absolute atomic E-state index is 0. The average molecular weight is 389 g/mol. The maximum absolute atomic E-state index is 11.8. The van der Waals surface area contributed by atoms with Gasteiger partial charge in [-0.1, -0.05) is 70.1 Å². The molecule has 0 aromatic carbocycles. The molecule has 0 bridgehead atoms. The first-order valence-electron chi connectivity index (χ1n) is 9.29. The molecule has 0 aromatic rings. The monoisotopic (exact) mass is 388 g/mol. The molecule has 25 heavy (non-hydrogen) atoms. The van der Waals surface area contributed by atoms with Crippen LogP contribution in [0.5, 0.6) is 0 Å². The van der Waals surface area contributed by atoms with E-state index < -0.39 is 6.18 Å². The Hall–Kier alpha value is 0.906. The van der Waals surface area contributed by atoms with E-state index in [1.54, 1.807) is 0 Å². The second-order valence-electron chi connectivity index (χ2n) is 6.11. The topological polar surface area (TPSA) is 32.3 Å². The molecule has 0 saturated carbocycles. The molecule has 0 amide bonds. The summed E-state index contributed by atoms with van der Waals surface area (Å²) in [4.78, 5) is 0. The summed E-state index contributed by atoms with van der Waals surface area (Å²) in [6, 6.07) is 0. The van der Waals surface area contributed by atoms with E-state index in [-0.39, 0.29) is 58.0 Å². The van der Waals surface area contributed by atoms with Crippen LogP contribution >= 0.6 is 0 Å². The van der Waals surface area contributed by atoms with E-state index in [9.17, 15) is 18.3 Å². The van der Waals surface area contributed by atoms with Crippen molar-refractivity contribution in [2.24, 2.45) is 0 Å². The second-order valence-corrected chi connectivity index (χ2v) is 6.11. The van der Waals surface area contributed by atoms with E-state index >= 15 is 0 Å². The normalized spacial score (nSPS) is 10.9. The zero-order valence-corrected chi connectivity index (χ0v) is 18.9. The Kier molecular flexibility index (Phi) is 23.9. The Labute approximate surface area is 194 Å². The van der Waals surface area contributed by atoms with E-state index in [0.29, 0.717) is 19.6 Å². The predicted octanol–water partition coefficient (Wildman–Crippen LogP) is 2.00. The van der Waals surface area contributed by atoms with Crippen LogP contribution in [0.3, 0.4) is 0 Å². The van der Waals surface area contributed by atoms with Crippen LogP contribution in [0.4, 0.5) is 13.2 Å². The number of rotatable bonds is 16. The van der Waals surface area contributed by atoms with Gasteiger partial charge in [0.15, 0.2) is 0 Å². The van der Waals surface area contributed by atoms with E-state index in [1.165, 1.54) is 57.3 Å². The third-order valence-corrected chi connectivity index (χ3v) is 3.80. The molecule has 0 atom stereocenters. The molecule has 0 rings (SSSR count). The van der Waals surface area contributed by atoms with Gasteiger partial charge in [0.25, 0.3) is 0 Å². The van der Waals surface area contributed by atoms with Crippen LogP contribution in [-0.4, -0.2) is 26.0 Å². The maximum atomic E-state index is 11.8. The first-order chi connectivity index (χ1) is 11.6. The molecular weight excluding hydrogens is 356 g/mol. The standard InChI is InChI=1S/C19H32F3O2.K/c20-19(21,22)15-13-11-9-7-5-3-1-2-4-6-8-10-12-14-17-24-18-16-23;/h1-12,14,16-18H2;/q-1;+1. The fourth-order valence-electron chi connectivity index (χ4n) is 2.51. The molecule has 0 aliphatic rings. The van der Waals surface area contributed by atoms with Gasteiger partial charge in [0.1, 0.15) is 0 Å². The number of halogens is 3. The van der Waals surface area contributed by atoms with Gasteiger partial charge in [-0.25, -0.2) is 0 Å². The van der Waals surface area contributed by atoms with Crippen LogP contribution in [0.2, 0.25) is 0 Å². The molecule has 0 unspecified atom stereocenters. The summed E-state index contributed by atoms with van der Waals surface area (Å²) in [6.45, 7) is 0.900. The van der Waals surface area contributed by atoms with Crippen molar-refractivity contribution in [2.45, 2.75) is 89.6 Å². The number of hydrogen-bond donors (Lipinski definition) is 0. The average Bonchev–Trinajstić information content (AvgIpc) is 2.52. The molecule has 0 spiro atoms. The Bertz CT molecular complexity index is 325. The van der Waals surface area contributed by atoms with E-state index in [1.807, 2.05) is 0 Å². The molecule has 0 fully saturated rings. The summed E-state index contributed by atoms with van der Waals surface area (Å²) in [6.07, 6.45) is 9.74. The van der Waals surface area contributed by atoms with E-state index in [4.69, 9.17) is 4.74 Å². The SMILES string of the molecule is [K+].[O-]CCOCCCCCCCCCCCCCCC#CC(F)(F)F. The summed E-state index contributed by atoms with van der Waals surface area (Å²) in [7, 11) is 0. The van der Waals surface area contributed by atoms with Gasteiger partial charge in [-0.15, -0.1) is 6.61 Å². The van der Waals surface area contributed by atoms with Crippen molar-refractivity contribution in [3.8, 4) is 11.8 Å². The molecule has 0 heterocycles. The molecule has 2 nitrogen and oxygen atoms in total. The van der Waals surface area contributed by atoms with Crippen LogP contribution in [0.25, 0.3) is 0 Å². The predicted molar refractivity (Wildman–Crippen MR) is 89.5 cm³/mol. The van der Waals surface area contributed by atoms with Gasteiger partial charge in [0, 0.05) is 25.6 Å². The minimum atomic E-state index is -4.34. The third kappa shape index (κ3) is 27.2. The van der Waals surface area contributed by atoms with Crippen molar-refractivity contribution >= 4 is 0 Å². The summed E-state index contributed by atoms with van der Waals surface area (Å²) >= 11 is 0. The molecule has 0 radical (unpaired) electrons. The molecule has 0 aromatic heterocycles.